The Morgan fingerprint density at radius 3 is 2.50 bits per heavy atom. The molecule has 0 saturated carbocycles. The van der Waals surface area contributed by atoms with Gasteiger partial charge in [-0.05, 0) is 35.6 Å². The van der Waals surface area contributed by atoms with E-state index in [1.165, 1.54) is 11.3 Å². The van der Waals surface area contributed by atoms with Crippen molar-refractivity contribution in [3.63, 3.8) is 0 Å². The molecule has 1 aromatic carbocycles. The van der Waals surface area contributed by atoms with Crippen LogP contribution in [0.15, 0.2) is 18.2 Å². The fourth-order valence-electron chi connectivity index (χ4n) is 2.30. The van der Waals surface area contributed by atoms with Gasteiger partial charge in [0.1, 0.15) is 0 Å². The third-order valence-electron chi connectivity index (χ3n) is 3.51. The fourth-order valence-corrected chi connectivity index (χ4v) is 2.94. The van der Waals surface area contributed by atoms with E-state index >= 15 is 0 Å². The van der Waals surface area contributed by atoms with Gasteiger partial charge >= 0.3 is 0 Å². The largest absolute Gasteiger partial charge is 0.371 e. The first-order chi connectivity index (χ1) is 7.61. The maximum atomic E-state index is 6.02. The highest BCUT2D eigenvalue weighted by Gasteiger charge is 2.27. The quantitative estimate of drug-likeness (QED) is 0.735. The van der Waals surface area contributed by atoms with Crippen LogP contribution < -0.4 is 4.90 Å². The summed E-state index contributed by atoms with van der Waals surface area (Å²) in [6.07, 6.45) is 0. The van der Waals surface area contributed by atoms with Crippen molar-refractivity contribution < 1.29 is 0 Å². The molecule has 16 heavy (non-hydrogen) atoms. The van der Waals surface area contributed by atoms with E-state index in [1.54, 1.807) is 0 Å². The Morgan fingerprint density at radius 1 is 1.31 bits per heavy atom. The molecule has 0 radical (unpaired) electrons. The molecule has 3 heteroatoms. The van der Waals surface area contributed by atoms with E-state index in [0.717, 1.165) is 35.3 Å². The van der Waals surface area contributed by atoms with Crippen LogP contribution in [0.3, 0.4) is 0 Å². The van der Waals surface area contributed by atoms with Gasteiger partial charge in [-0.2, -0.15) is 0 Å². The van der Waals surface area contributed by atoms with Crippen LogP contribution in [0.25, 0.3) is 0 Å². The number of hydrogen-bond donors (Lipinski definition) is 0. The van der Waals surface area contributed by atoms with Crippen molar-refractivity contribution in [3.8, 4) is 0 Å². The van der Waals surface area contributed by atoms with Crippen molar-refractivity contribution in [3.05, 3.63) is 28.8 Å². The van der Waals surface area contributed by atoms with Gasteiger partial charge < -0.3 is 4.90 Å². The highest BCUT2D eigenvalue weighted by molar-refractivity contribution is 9.08. The summed E-state index contributed by atoms with van der Waals surface area (Å²) in [7, 11) is 0. The smallest absolute Gasteiger partial charge is 0.0410 e. The summed E-state index contributed by atoms with van der Waals surface area (Å²) in [5.41, 5.74) is 2.62. The normalized spacial score (nSPS) is 25.1. The standard InChI is InChI=1S/C13H17BrClN/c1-9-7-16(8-10(9)2)13-4-3-12(15)5-11(13)6-14/h3-5,9-10H,6-8H2,1-2H3. The van der Waals surface area contributed by atoms with Crippen LogP contribution in [0.2, 0.25) is 5.02 Å². The van der Waals surface area contributed by atoms with Crippen molar-refractivity contribution in [2.45, 2.75) is 19.2 Å². The van der Waals surface area contributed by atoms with Crippen molar-refractivity contribution in [1.82, 2.24) is 0 Å². The second kappa shape index (κ2) is 4.97. The predicted molar refractivity (Wildman–Crippen MR) is 74.6 cm³/mol. The summed E-state index contributed by atoms with van der Waals surface area (Å²) < 4.78 is 0. The Bertz CT molecular complexity index is 370. The van der Waals surface area contributed by atoms with Crippen molar-refractivity contribution >= 4 is 33.2 Å². The molecule has 2 unspecified atom stereocenters. The molecule has 1 saturated heterocycles. The van der Waals surface area contributed by atoms with Crippen LogP contribution in [0, 0.1) is 11.8 Å². The summed E-state index contributed by atoms with van der Waals surface area (Å²) in [6, 6.07) is 6.18. The first-order valence-corrected chi connectivity index (χ1v) is 7.21. The number of hydrogen-bond acceptors (Lipinski definition) is 1. The molecule has 0 aliphatic carbocycles. The second-order valence-corrected chi connectivity index (χ2v) is 5.76. The summed E-state index contributed by atoms with van der Waals surface area (Å²) in [5.74, 6) is 1.55. The summed E-state index contributed by atoms with van der Waals surface area (Å²) in [4.78, 5) is 2.47. The molecule has 1 aromatic rings. The van der Waals surface area contributed by atoms with Gasteiger partial charge in [-0.1, -0.05) is 41.4 Å². The van der Waals surface area contributed by atoms with E-state index in [-0.39, 0.29) is 0 Å². The molecule has 1 fully saturated rings. The number of benzene rings is 1. The van der Waals surface area contributed by atoms with Crippen molar-refractivity contribution in [2.24, 2.45) is 11.8 Å². The van der Waals surface area contributed by atoms with Crippen molar-refractivity contribution in [2.75, 3.05) is 18.0 Å². The molecular formula is C13H17BrClN. The van der Waals surface area contributed by atoms with Crippen LogP contribution in [0.1, 0.15) is 19.4 Å². The number of halogens is 2. The minimum atomic E-state index is 0.777. The van der Waals surface area contributed by atoms with E-state index < -0.39 is 0 Å². The zero-order valence-electron chi connectivity index (χ0n) is 9.71. The fraction of sp³-hybridized carbons (Fsp3) is 0.538. The Labute approximate surface area is 111 Å². The molecule has 0 spiro atoms. The van der Waals surface area contributed by atoms with Gasteiger partial charge in [0.25, 0.3) is 0 Å². The molecule has 88 valence electrons. The first kappa shape index (κ1) is 12.3. The number of rotatable bonds is 2. The van der Waals surface area contributed by atoms with Gasteiger partial charge in [0.05, 0.1) is 0 Å². The number of alkyl halides is 1. The highest BCUT2D eigenvalue weighted by atomic mass is 79.9. The molecule has 2 rings (SSSR count). The van der Waals surface area contributed by atoms with Crippen LogP contribution in [0.4, 0.5) is 5.69 Å². The number of anilines is 1. The Morgan fingerprint density at radius 2 is 1.94 bits per heavy atom. The molecule has 0 bridgehead atoms. The van der Waals surface area contributed by atoms with Crippen LogP contribution >= 0.6 is 27.5 Å². The minimum absolute atomic E-state index is 0.777. The van der Waals surface area contributed by atoms with Gasteiger partial charge in [-0.15, -0.1) is 0 Å². The van der Waals surface area contributed by atoms with E-state index in [2.05, 4.69) is 46.8 Å². The molecule has 2 atom stereocenters. The second-order valence-electron chi connectivity index (χ2n) is 4.77. The Kier molecular flexibility index (Phi) is 3.81. The van der Waals surface area contributed by atoms with E-state index in [9.17, 15) is 0 Å². The first-order valence-electron chi connectivity index (χ1n) is 5.71. The van der Waals surface area contributed by atoms with Gasteiger partial charge in [0.15, 0.2) is 0 Å². The van der Waals surface area contributed by atoms with Gasteiger partial charge in [-0.25, -0.2) is 0 Å². The third kappa shape index (κ3) is 2.38. The van der Waals surface area contributed by atoms with Gasteiger partial charge in [-0.3, -0.25) is 0 Å². The lowest BCUT2D eigenvalue weighted by Crippen LogP contribution is -2.20. The zero-order chi connectivity index (χ0) is 11.7. The Balaban J connectivity index is 2.27. The molecule has 1 aliphatic heterocycles. The lowest BCUT2D eigenvalue weighted by Gasteiger charge is -2.21. The highest BCUT2D eigenvalue weighted by Crippen LogP contribution is 2.32. The van der Waals surface area contributed by atoms with Crippen molar-refractivity contribution in [1.29, 1.82) is 0 Å². The monoisotopic (exact) mass is 301 g/mol. The molecular weight excluding hydrogens is 286 g/mol. The topological polar surface area (TPSA) is 3.24 Å². The SMILES string of the molecule is CC1CN(c2ccc(Cl)cc2CBr)CC1C. The maximum absolute atomic E-state index is 6.02. The van der Waals surface area contributed by atoms with Gasteiger partial charge in [0, 0.05) is 29.1 Å². The van der Waals surface area contributed by atoms with E-state index in [1.807, 2.05) is 6.07 Å². The lowest BCUT2D eigenvalue weighted by molar-refractivity contribution is 0.494. The molecule has 0 amide bonds. The average molecular weight is 303 g/mol. The lowest BCUT2D eigenvalue weighted by atomic mass is 10.0. The summed E-state index contributed by atoms with van der Waals surface area (Å²) in [5, 5.41) is 1.68. The zero-order valence-corrected chi connectivity index (χ0v) is 12.1. The third-order valence-corrected chi connectivity index (χ3v) is 4.35. The molecule has 1 nitrogen and oxygen atoms in total. The molecule has 1 aliphatic rings. The Hall–Kier alpha value is -0.210. The summed E-state index contributed by atoms with van der Waals surface area (Å²) in [6.45, 7) is 6.97. The van der Waals surface area contributed by atoms with Crippen LogP contribution in [-0.2, 0) is 5.33 Å². The number of nitrogens with zero attached hydrogens (tertiary/aromatic N) is 1. The molecule has 1 heterocycles. The summed E-state index contributed by atoms with van der Waals surface area (Å²) >= 11 is 9.55. The van der Waals surface area contributed by atoms with Crippen LogP contribution in [0.5, 0.6) is 0 Å². The minimum Gasteiger partial charge on any atom is -0.371 e. The van der Waals surface area contributed by atoms with E-state index in [0.29, 0.717) is 0 Å². The van der Waals surface area contributed by atoms with Gasteiger partial charge in [0.2, 0.25) is 0 Å². The predicted octanol–water partition coefficient (Wildman–Crippen LogP) is 4.33. The van der Waals surface area contributed by atoms with Crippen LogP contribution in [-0.4, -0.2) is 13.1 Å². The average Bonchev–Trinajstić information content (AvgIpc) is 2.59. The maximum Gasteiger partial charge on any atom is 0.0410 e. The molecule has 0 aromatic heterocycles. The van der Waals surface area contributed by atoms with E-state index in [4.69, 9.17) is 11.6 Å². The molecule has 0 N–H and O–H groups in total.